The second-order valence-electron chi connectivity index (χ2n) is 4.92. The molecule has 2 aromatic heterocycles. The predicted molar refractivity (Wildman–Crippen MR) is 62.4 cm³/mol. The van der Waals surface area contributed by atoms with Gasteiger partial charge < -0.3 is 9.55 Å². The first-order valence-electron chi connectivity index (χ1n) is 6.06. The van der Waals surface area contributed by atoms with Crippen molar-refractivity contribution >= 4 is 0 Å². The number of rotatable bonds is 1. The number of imidazole rings is 2. The van der Waals surface area contributed by atoms with E-state index in [1.807, 2.05) is 7.05 Å². The Morgan fingerprint density at radius 3 is 2.84 bits per heavy atom. The van der Waals surface area contributed by atoms with Crippen LogP contribution in [0.25, 0.3) is 11.5 Å². The van der Waals surface area contributed by atoms with Crippen LogP contribution in [0.2, 0.25) is 0 Å². The number of alkyl halides is 3. The van der Waals surface area contributed by atoms with Crippen molar-refractivity contribution in [2.75, 3.05) is 0 Å². The quantitative estimate of drug-likeness (QED) is 0.865. The minimum Gasteiger partial charge on any atom is -0.340 e. The third-order valence-corrected chi connectivity index (χ3v) is 3.45. The molecule has 2 aromatic rings. The Morgan fingerprint density at radius 2 is 2.21 bits per heavy atom. The van der Waals surface area contributed by atoms with Gasteiger partial charge in [-0.25, -0.2) is 9.97 Å². The van der Waals surface area contributed by atoms with E-state index >= 15 is 0 Å². The summed E-state index contributed by atoms with van der Waals surface area (Å²) in [6.45, 7) is 0. The molecule has 0 saturated carbocycles. The summed E-state index contributed by atoms with van der Waals surface area (Å²) in [5.74, 6) is -0.717. The molecule has 0 amide bonds. The Bertz CT molecular complexity index is 596. The van der Waals surface area contributed by atoms with Gasteiger partial charge in [0.25, 0.3) is 0 Å². The summed E-state index contributed by atoms with van der Waals surface area (Å²) in [4.78, 5) is 11.5. The fourth-order valence-electron chi connectivity index (χ4n) is 2.42. The average Bonchev–Trinajstić information content (AvgIpc) is 2.92. The normalized spacial score (nSPS) is 19.5. The lowest BCUT2D eigenvalue weighted by molar-refractivity contribution is -0.177. The largest absolute Gasteiger partial charge is 0.392 e. The molecule has 19 heavy (non-hydrogen) atoms. The number of nitrogens with zero attached hydrogens (tertiary/aromatic N) is 3. The van der Waals surface area contributed by atoms with Crippen LogP contribution in [0.15, 0.2) is 12.5 Å². The lowest BCUT2D eigenvalue weighted by Gasteiger charge is -2.23. The van der Waals surface area contributed by atoms with Crippen LogP contribution in [-0.4, -0.2) is 25.7 Å². The molecule has 2 heterocycles. The third kappa shape index (κ3) is 2.24. The summed E-state index contributed by atoms with van der Waals surface area (Å²) in [6, 6.07) is 0. The zero-order chi connectivity index (χ0) is 13.6. The molecule has 1 atom stereocenters. The highest BCUT2D eigenvalue weighted by atomic mass is 19.4. The summed E-state index contributed by atoms with van der Waals surface area (Å²) >= 11 is 0. The first-order valence-corrected chi connectivity index (χ1v) is 6.06. The van der Waals surface area contributed by atoms with Gasteiger partial charge in [-0.15, -0.1) is 0 Å². The molecule has 7 heteroatoms. The summed E-state index contributed by atoms with van der Waals surface area (Å²) in [5.41, 5.74) is 1.98. The van der Waals surface area contributed by atoms with Gasteiger partial charge >= 0.3 is 6.18 Å². The van der Waals surface area contributed by atoms with E-state index in [2.05, 4.69) is 15.0 Å². The summed E-state index contributed by atoms with van der Waals surface area (Å²) < 4.78 is 39.9. The second kappa shape index (κ2) is 4.11. The van der Waals surface area contributed by atoms with Crippen LogP contribution in [0, 0.1) is 5.92 Å². The number of hydrogen-bond donors (Lipinski definition) is 1. The predicted octanol–water partition coefficient (Wildman–Crippen LogP) is 2.48. The van der Waals surface area contributed by atoms with E-state index in [1.165, 1.54) is 0 Å². The standard InChI is InChI=1S/C12H13F3N4/c1-19-5-10(16-6-19)11-17-8-3-2-7(12(13,14)15)4-9(8)18-11/h5-7H,2-4H2,1H3,(H,17,18). The third-order valence-electron chi connectivity index (χ3n) is 3.45. The molecule has 0 radical (unpaired) electrons. The summed E-state index contributed by atoms with van der Waals surface area (Å²) in [5, 5.41) is 0. The molecule has 1 unspecified atom stereocenters. The number of nitrogens with one attached hydrogen (secondary N) is 1. The van der Waals surface area contributed by atoms with Crippen LogP contribution in [0.4, 0.5) is 13.2 Å². The van der Waals surface area contributed by atoms with Gasteiger partial charge in [-0.2, -0.15) is 13.2 Å². The van der Waals surface area contributed by atoms with Crippen LogP contribution in [0.1, 0.15) is 17.8 Å². The number of aromatic nitrogens is 4. The van der Waals surface area contributed by atoms with Crippen LogP contribution >= 0.6 is 0 Å². The zero-order valence-electron chi connectivity index (χ0n) is 10.3. The minimum atomic E-state index is -4.13. The molecule has 0 spiro atoms. The number of aromatic amines is 1. The SMILES string of the molecule is Cn1cnc(-c2nc3c([nH]2)CC(C(F)(F)F)CC3)c1. The molecule has 102 valence electrons. The van der Waals surface area contributed by atoms with Crippen molar-refractivity contribution in [3.63, 3.8) is 0 Å². The Kier molecular flexibility index (Phi) is 2.65. The maximum Gasteiger partial charge on any atom is 0.392 e. The topological polar surface area (TPSA) is 46.5 Å². The van der Waals surface area contributed by atoms with Crippen molar-refractivity contribution in [1.82, 2.24) is 19.5 Å². The van der Waals surface area contributed by atoms with Crippen LogP contribution in [0.3, 0.4) is 0 Å². The molecular weight excluding hydrogens is 257 g/mol. The highest BCUT2D eigenvalue weighted by Crippen LogP contribution is 2.36. The Morgan fingerprint density at radius 1 is 1.42 bits per heavy atom. The van der Waals surface area contributed by atoms with Crippen molar-refractivity contribution in [2.45, 2.75) is 25.4 Å². The van der Waals surface area contributed by atoms with E-state index in [0.29, 0.717) is 23.6 Å². The molecule has 3 rings (SSSR count). The van der Waals surface area contributed by atoms with Gasteiger partial charge in [-0.05, 0) is 12.8 Å². The molecule has 1 aliphatic carbocycles. The molecule has 1 aliphatic rings. The van der Waals surface area contributed by atoms with Crippen LogP contribution in [-0.2, 0) is 19.9 Å². The van der Waals surface area contributed by atoms with E-state index in [0.717, 1.165) is 5.69 Å². The maximum atomic E-state index is 12.7. The van der Waals surface area contributed by atoms with Crippen LogP contribution < -0.4 is 0 Å². The van der Waals surface area contributed by atoms with Crippen molar-refractivity contribution < 1.29 is 13.2 Å². The molecule has 0 aromatic carbocycles. The Hall–Kier alpha value is -1.79. The number of H-pyrrole nitrogens is 1. The van der Waals surface area contributed by atoms with Gasteiger partial charge in [0.1, 0.15) is 5.69 Å². The maximum absolute atomic E-state index is 12.7. The van der Waals surface area contributed by atoms with Crippen molar-refractivity contribution in [1.29, 1.82) is 0 Å². The number of aryl methyl sites for hydroxylation is 2. The van der Waals surface area contributed by atoms with Gasteiger partial charge in [-0.1, -0.05) is 0 Å². The highest BCUT2D eigenvalue weighted by Gasteiger charge is 2.42. The van der Waals surface area contributed by atoms with Gasteiger partial charge in [-0.3, -0.25) is 0 Å². The second-order valence-corrected chi connectivity index (χ2v) is 4.92. The fraction of sp³-hybridized carbons (Fsp3) is 0.500. The van der Waals surface area contributed by atoms with E-state index in [1.54, 1.807) is 17.1 Å². The van der Waals surface area contributed by atoms with E-state index in [9.17, 15) is 13.2 Å². The van der Waals surface area contributed by atoms with E-state index in [-0.39, 0.29) is 12.8 Å². The first kappa shape index (κ1) is 12.3. The summed E-state index contributed by atoms with van der Waals surface area (Å²) in [7, 11) is 1.83. The van der Waals surface area contributed by atoms with Crippen molar-refractivity contribution in [3.05, 3.63) is 23.9 Å². The van der Waals surface area contributed by atoms with Crippen molar-refractivity contribution in [2.24, 2.45) is 13.0 Å². The molecule has 1 N–H and O–H groups in total. The molecule has 0 bridgehead atoms. The Balaban J connectivity index is 1.89. The van der Waals surface area contributed by atoms with Gasteiger partial charge in [0.2, 0.25) is 0 Å². The average molecular weight is 270 g/mol. The Labute approximate surface area is 107 Å². The molecule has 0 aliphatic heterocycles. The number of fused-ring (bicyclic) bond motifs is 1. The first-order chi connectivity index (χ1) is 8.93. The van der Waals surface area contributed by atoms with Gasteiger partial charge in [0.05, 0.1) is 17.9 Å². The van der Waals surface area contributed by atoms with E-state index < -0.39 is 12.1 Å². The summed E-state index contributed by atoms with van der Waals surface area (Å²) in [6.07, 6.45) is -0.251. The number of hydrogen-bond acceptors (Lipinski definition) is 2. The lowest BCUT2D eigenvalue weighted by atomic mass is 9.89. The number of halogens is 3. The van der Waals surface area contributed by atoms with E-state index in [4.69, 9.17) is 0 Å². The van der Waals surface area contributed by atoms with Crippen LogP contribution in [0.5, 0.6) is 0 Å². The molecule has 4 nitrogen and oxygen atoms in total. The molecule has 0 fully saturated rings. The smallest absolute Gasteiger partial charge is 0.340 e. The van der Waals surface area contributed by atoms with Crippen molar-refractivity contribution in [3.8, 4) is 11.5 Å². The lowest BCUT2D eigenvalue weighted by Crippen LogP contribution is -2.28. The zero-order valence-corrected chi connectivity index (χ0v) is 10.3. The monoisotopic (exact) mass is 270 g/mol. The molecular formula is C12H13F3N4. The van der Waals surface area contributed by atoms with Gasteiger partial charge in [0.15, 0.2) is 5.82 Å². The minimum absolute atomic E-state index is 0.0152. The highest BCUT2D eigenvalue weighted by molar-refractivity contribution is 5.49. The fourth-order valence-corrected chi connectivity index (χ4v) is 2.42. The molecule has 0 saturated heterocycles. The van der Waals surface area contributed by atoms with Gasteiger partial charge in [0, 0.05) is 25.4 Å².